The predicted octanol–water partition coefficient (Wildman–Crippen LogP) is -0.772. The molecule has 0 spiro atoms. The second-order valence-corrected chi connectivity index (χ2v) is 2.05. The Morgan fingerprint density at radius 2 is 2.36 bits per heavy atom. The van der Waals surface area contributed by atoms with E-state index >= 15 is 0 Å². The van der Waals surface area contributed by atoms with Crippen molar-refractivity contribution >= 4 is 17.1 Å². The molecule has 0 aliphatic carbocycles. The molecule has 2 aromatic rings. The third kappa shape index (κ3) is 0.759. The molecule has 56 valence electrons. The molecule has 2 heterocycles. The summed E-state index contributed by atoms with van der Waals surface area (Å²) in [5, 5.41) is 0. The fourth-order valence-electron chi connectivity index (χ4n) is 0.860. The number of aromatic nitrogens is 4. The van der Waals surface area contributed by atoms with Gasteiger partial charge in [-0.1, -0.05) is 0 Å². The molecule has 0 radical (unpaired) electrons. The van der Waals surface area contributed by atoms with Gasteiger partial charge in [-0.05, 0) is 0 Å². The largest absolute Gasteiger partial charge is 0.369 e. The fourth-order valence-corrected chi connectivity index (χ4v) is 0.860. The standard InChI is InChI=1S/C5H5N5O/c6-5-9-3-2(4(11)10-5)7-1-8-3/h1H,(H4,6,7,8,9,10,11)/i2+1,3+1,7+1. The summed E-state index contributed by atoms with van der Waals surface area (Å²) < 4.78 is 0. The molecule has 0 atom stereocenters. The average Bonchev–Trinajstić information content (AvgIpc) is 2.34. The van der Waals surface area contributed by atoms with Crippen molar-refractivity contribution < 1.29 is 0 Å². The van der Waals surface area contributed by atoms with E-state index in [1.54, 1.807) is 0 Å². The Balaban J connectivity index is 3.02. The fraction of sp³-hybridized carbons (Fsp3) is 0. The lowest BCUT2D eigenvalue weighted by Crippen LogP contribution is -2.10. The number of H-pyrrole nitrogens is 2. The van der Waals surface area contributed by atoms with E-state index in [1.807, 2.05) is 0 Å². The van der Waals surface area contributed by atoms with Crippen LogP contribution >= 0.6 is 0 Å². The van der Waals surface area contributed by atoms with Crippen LogP contribution in [0.4, 0.5) is 5.95 Å². The van der Waals surface area contributed by atoms with Crippen molar-refractivity contribution in [3.8, 4) is 0 Å². The van der Waals surface area contributed by atoms with E-state index in [1.165, 1.54) is 6.33 Å². The minimum absolute atomic E-state index is 0.0783. The summed E-state index contributed by atoms with van der Waals surface area (Å²) in [5.41, 5.74) is 5.65. The first-order valence-corrected chi connectivity index (χ1v) is 2.96. The summed E-state index contributed by atoms with van der Waals surface area (Å²) in [7, 11) is 0. The molecule has 0 saturated carbocycles. The van der Waals surface area contributed by atoms with Crippen LogP contribution in [0.25, 0.3) is 11.2 Å². The first-order chi connectivity index (χ1) is 5.27. The highest BCUT2D eigenvalue weighted by Crippen LogP contribution is 1.98. The maximum Gasteiger partial charge on any atom is 0.278 e. The van der Waals surface area contributed by atoms with Crippen molar-refractivity contribution in [2.24, 2.45) is 0 Å². The van der Waals surface area contributed by atoms with E-state index in [9.17, 15) is 4.79 Å². The van der Waals surface area contributed by atoms with Crippen molar-refractivity contribution in [2.45, 2.75) is 0 Å². The van der Waals surface area contributed by atoms with Gasteiger partial charge in [0.25, 0.3) is 5.56 Å². The number of rotatable bonds is 0. The molecule has 0 unspecified atom stereocenters. The minimum Gasteiger partial charge on any atom is -0.369 e. The van der Waals surface area contributed by atoms with E-state index in [0.717, 1.165) is 0 Å². The highest BCUT2D eigenvalue weighted by atomic mass is 16.1. The summed E-state index contributed by atoms with van der Waals surface area (Å²) in [6, 6.07) is 0. The molecule has 6 heteroatoms. The van der Waals surface area contributed by atoms with Gasteiger partial charge < -0.3 is 10.7 Å². The number of nitrogens with zero attached hydrogens (tertiary/aromatic N) is 2. The number of nitrogens with two attached hydrogens (primary N) is 1. The van der Waals surface area contributed by atoms with Gasteiger partial charge in [-0.3, -0.25) is 9.78 Å². The van der Waals surface area contributed by atoms with Crippen molar-refractivity contribution in [1.29, 1.82) is 0 Å². The molecule has 0 saturated heterocycles. The van der Waals surface area contributed by atoms with Crippen LogP contribution < -0.4 is 11.3 Å². The molecular formula is C5H5N5O. The van der Waals surface area contributed by atoms with Gasteiger partial charge in [-0.15, -0.1) is 0 Å². The lowest BCUT2D eigenvalue weighted by molar-refractivity contribution is 1.17. The van der Waals surface area contributed by atoms with Crippen molar-refractivity contribution in [1.82, 2.24) is 19.9 Å². The van der Waals surface area contributed by atoms with Gasteiger partial charge in [-0.25, -0.2) is 4.98 Å². The van der Waals surface area contributed by atoms with Crippen LogP contribution in [0.2, 0.25) is 0 Å². The van der Waals surface area contributed by atoms with Gasteiger partial charge in [0.2, 0.25) is 5.95 Å². The Bertz CT molecular complexity index is 441. The molecule has 0 amide bonds. The number of fused-ring (bicyclic) bond motifs is 1. The Labute approximate surface area is 60.5 Å². The Hall–Kier alpha value is -1.85. The quantitative estimate of drug-likeness (QED) is 0.463. The summed E-state index contributed by atoms with van der Waals surface area (Å²) in [5.74, 6) is 0.0783. The predicted molar refractivity (Wildman–Crippen MR) is 38.9 cm³/mol. The zero-order chi connectivity index (χ0) is 7.84. The lowest BCUT2D eigenvalue weighted by Gasteiger charge is -1.89. The number of imidazole rings is 1. The topological polar surface area (TPSA) is 100 Å². The van der Waals surface area contributed by atoms with Crippen LogP contribution in [0.15, 0.2) is 11.1 Å². The van der Waals surface area contributed by atoms with Gasteiger partial charge in [0.05, 0.1) is 6.33 Å². The first kappa shape index (κ1) is 5.90. The number of nitrogens with one attached hydrogen (secondary N) is 2. The average molecular weight is 154 g/mol. The van der Waals surface area contributed by atoms with E-state index in [2.05, 4.69) is 19.9 Å². The molecule has 2 aromatic heterocycles. The van der Waals surface area contributed by atoms with E-state index in [-0.39, 0.29) is 11.5 Å². The Morgan fingerprint density at radius 3 is 3.18 bits per heavy atom. The Morgan fingerprint density at radius 1 is 1.55 bits per heavy atom. The number of anilines is 1. The molecule has 0 fully saturated rings. The second kappa shape index (κ2) is 1.82. The molecule has 0 aliphatic heterocycles. The van der Waals surface area contributed by atoms with Crippen molar-refractivity contribution in [3.05, 3.63) is 16.7 Å². The number of aromatic amines is 2. The lowest BCUT2D eigenvalue weighted by atomic mass is 10.9. The zero-order valence-electron chi connectivity index (χ0n) is 5.46. The van der Waals surface area contributed by atoms with Gasteiger partial charge >= 0.3 is 0 Å². The summed E-state index contributed by atoms with van der Waals surface area (Å²) in [4.78, 5) is 23.5. The van der Waals surface area contributed by atoms with E-state index in [0.29, 0.717) is 11.2 Å². The SMILES string of the molecule is Nc1n[13c]2nc[15nH][13c]2c(=O)[nH]1. The molecular weight excluding hydrogens is 149 g/mol. The van der Waals surface area contributed by atoms with Crippen LogP contribution in [-0.4, -0.2) is 19.9 Å². The molecule has 0 aromatic carbocycles. The summed E-state index contributed by atoms with van der Waals surface area (Å²) >= 11 is 0. The Kier molecular flexibility index (Phi) is 0.974. The number of hydrogen-bond donors (Lipinski definition) is 3. The first-order valence-electron chi connectivity index (χ1n) is 2.96. The van der Waals surface area contributed by atoms with Crippen molar-refractivity contribution in [3.63, 3.8) is 0 Å². The van der Waals surface area contributed by atoms with Gasteiger partial charge in [0.15, 0.2) is 11.2 Å². The highest BCUT2D eigenvalue weighted by molar-refractivity contribution is 5.69. The zero-order valence-corrected chi connectivity index (χ0v) is 5.46. The minimum atomic E-state index is -0.301. The number of nitrogen functional groups attached to an aromatic ring is 1. The second-order valence-electron chi connectivity index (χ2n) is 2.05. The van der Waals surface area contributed by atoms with E-state index < -0.39 is 0 Å². The molecule has 11 heavy (non-hydrogen) atoms. The van der Waals surface area contributed by atoms with Gasteiger partial charge in [0, 0.05) is 0 Å². The summed E-state index contributed by atoms with van der Waals surface area (Å²) in [6.45, 7) is 0. The van der Waals surface area contributed by atoms with Crippen LogP contribution in [-0.2, 0) is 0 Å². The number of hydrogen-bond acceptors (Lipinski definition) is 4. The van der Waals surface area contributed by atoms with Crippen LogP contribution in [0.1, 0.15) is 0 Å². The third-order valence-corrected chi connectivity index (χ3v) is 1.31. The van der Waals surface area contributed by atoms with Gasteiger partial charge in [0.1, 0.15) is 0 Å². The molecule has 2 rings (SSSR count). The van der Waals surface area contributed by atoms with Gasteiger partial charge in [-0.2, -0.15) is 4.98 Å². The molecule has 4 N–H and O–H groups in total. The van der Waals surface area contributed by atoms with E-state index in [4.69, 9.17) is 5.73 Å². The molecule has 0 bridgehead atoms. The maximum atomic E-state index is 11.0. The molecule has 6 nitrogen and oxygen atoms in total. The van der Waals surface area contributed by atoms with Crippen molar-refractivity contribution in [2.75, 3.05) is 5.73 Å². The summed E-state index contributed by atoms with van der Waals surface area (Å²) in [6.07, 6.45) is 1.40. The third-order valence-electron chi connectivity index (χ3n) is 1.31. The van der Waals surface area contributed by atoms with Crippen LogP contribution in [0, 0.1) is 0 Å². The smallest absolute Gasteiger partial charge is 0.278 e. The van der Waals surface area contributed by atoms with Crippen LogP contribution in [0.3, 0.4) is 0 Å². The monoisotopic (exact) mass is 154 g/mol. The van der Waals surface area contributed by atoms with Crippen LogP contribution in [0.5, 0.6) is 0 Å². The molecule has 0 aliphatic rings. The highest BCUT2D eigenvalue weighted by Gasteiger charge is 2.01. The maximum absolute atomic E-state index is 11.0. The normalized spacial score (nSPS) is 10.5.